The van der Waals surface area contributed by atoms with E-state index in [2.05, 4.69) is 0 Å². The number of aromatic hydroxyl groups is 2. The molecule has 3 aromatic carbocycles. The monoisotopic (exact) mass is 416 g/mol. The first-order chi connectivity index (χ1) is 14.5. The summed E-state index contributed by atoms with van der Waals surface area (Å²) >= 11 is 1.28. The number of carbonyl (C=O) groups is 1. The molecule has 0 spiro atoms. The first kappa shape index (κ1) is 19.7. The zero-order chi connectivity index (χ0) is 21.3. The topological polar surface area (TPSA) is 66.8 Å². The summed E-state index contributed by atoms with van der Waals surface area (Å²) in [5.41, 5.74) is 2.24. The van der Waals surface area contributed by atoms with E-state index in [4.69, 9.17) is 4.74 Å². The molecule has 0 saturated carbocycles. The molecule has 0 fully saturated rings. The minimum atomic E-state index is -0.186. The van der Waals surface area contributed by atoms with Gasteiger partial charge in [0.05, 0.1) is 0 Å². The van der Waals surface area contributed by atoms with Gasteiger partial charge >= 0.3 is 0 Å². The molecule has 0 amide bonds. The normalized spacial score (nSPS) is 11.3. The summed E-state index contributed by atoms with van der Waals surface area (Å²) in [5.74, 6) is 1.14. The number of hydrogen-bond donors (Lipinski definition) is 2. The van der Waals surface area contributed by atoms with Crippen molar-refractivity contribution in [3.05, 3.63) is 88.3 Å². The molecule has 150 valence electrons. The number of ether oxygens (including phenoxy) is 1. The van der Waals surface area contributed by atoms with Gasteiger partial charge in [0, 0.05) is 15.6 Å². The molecule has 4 rings (SSSR count). The summed E-state index contributed by atoms with van der Waals surface area (Å²) in [4.78, 5) is 13.8. The third kappa shape index (κ3) is 3.80. The molecular weight excluding hydrogens is 396 g/mol. The minimum absolute atomic E-state index is 0.114. The summed E-state index contributed by atoms with van der Waals surface area (Å²) < 4.78 is 6.94. The van der Waals surface area contributed by atoms with Crippen molar-refractivity contribution < 1.29 is 19.7 Å². The molecule has 1 heterocycles. The van der Waals surface area contributed by atoms with Gasteiger partial charge in [-0.05, 0) is 73.5 Å². The van der Waals surface area contributed by atoms with Crippen LogP contribution in [0.2, 0.25) is 0 Å². The van der Waals surface area contributed by atoms with Gasteiger partial charge in [-0.3, -0.25) is 4.79 Å². The van der Waals surface area contributed by atoms with E-state index in [0.29, 0.717) is 27.5 Å². The summed E-state index contributed by atoms with van der Waals surface area (Å²) in [7, 11) is 0. The Morgan fingerprint density at radius 2 is 1.67 bits per heavy atom. The van der Waals surface area contributed by atoms with Gasteiger partial charge in [-0.1, -0.05) is 24.3 Å². The lowest BCUT2D eigenvalue weighted by atomic mass is 10.0. The van der Waals surface area contributed by atoms with E-state index in [1.54, 1.807) is 37.3 Å². The SMILES string of the molecule is C/C=C/c1ccc(Oc2c(C(=O)c3ccc(O)cc3C)sc3cc(O)ccc23)cc1. The predicted molar refractivity (Wildman–Crippen MR) is 121 cm³/mol. The van der Waals surface area contributed by atoms with Gasteiger partial charge in [0.15, 0.2) is 5.75 Å². The van der Waals surface area contributed by atoms with Crippen LogP contribution in [0.5, 0.6) is 23.0 Å². The molecule has 0 aliphatic heterocycles. The molecule has 0 saturated heterocycles. The summed E-state index contributed by atoms with van der Waals surface area (Å²) in [6.45, 7) is 3.74. The fraction of sp³-hybridized carbons (Fsp3) is 0.0800. The Morgan fingerprint density at radius 1 is 0.967 bits per heavy atom. The maximum absolute atomic E-state index is 13.4. The summed E-state index contributed by atoms with van der Waals surface area (Å²) in [5, 5.41) is 20.3. The van der Waals surface area contributed by atoms with Crippen LogP contribution in [-0.2, 0) is 0 Å². The Morgan fingerprint density at radius 3 is 2.37 bits per heavy atom. The van der Waals surface area contributed by atoms with E-state index in [9.17, 15) is 15.0 Å². The number of thiophene rings is 1. The van der Waals surface area contributed by atoms with E-state index < -0.39 is 0 Å². The zero-order valence-electron chi connectivity index (χ0n) is 16.5. The van der Waals surface area contributed by atoms with Crippen molar-refractivity contribution in [2.45, 2.75) is 13.8 Å². The van der Waals surface area contributed by atoms with Crippen LogP contribution >= 0.6 is 11.3 Å². The smallest absolute Gasteiger partial charge is 0.207 e. The van der Waals surface area contributed by atoms with Gasteiger partial charge in [-0.15, -0.1) is 11.3 Å². The zero-order valence-corrected chi connectivity index (χ0v) is 17.4. The van der Waals surface area contributed by atoms with Crippen molar-refractivity contribution >= 4 is 33.3 Å². The molecule has 1 aromatic heterocycles. The molecule has 0 aliphatic rings. The van der Waals surface area contributed by atoms with Crippen molar-refractivity contribution in [3.63, 3.8) is 0 Å². The number of rotatable bonds is 5. The van der Waals surface area contributed by atoms with Crippen LogP contribution < -0.4 is 4.74 Å². The van der Waals surface area contributed by atoms with Gasteiger partial charge in [0.25, 0.3) is 0 Å². The summed E-state index contributed by atoms with van der Waals surface area (Å²) in [6, 6.07) is 17.3. The predicted octanol–water partition coefficient (Wildman–Crippen LogP) is 6.68. The number of fused-ring (bicyclic) bond motifs is 1. The number of phenolic OH excluding ortho intramolecular Hbond substituents is 2. The molecule has 4 nitrogen and oxygen atoms in total. The molecule has 30 heavy (non-hydrogen) atoms. The molecule has 5 heteroatoms. The Labute approximate surface area is 178 Å². The van der Waals surface area contributed by atoms with E-state index in [0.717, 1.165) is 15.6 Å². The number of hydrogen-bond acceptors (Lipinski definition) is 5. The first-order valence-corrected chi connectivity index (χ1v) is 10.3. The van der Waals surface area contributed by atoms with Crippen molar-refractivity contribution in [1.82, 2.24) is 0 Å². The number of benzene rings is 3. The van der Waals surface area contributed by atoms with Gasteiger partial charge < -0.3 is 14.9 Å². The lowest BCUT2D eigenvalue weighted by Gasteiger charge is -2.09. The molecule has 4 aromatic rings. The molecular formula is C25H20O4S. The summed E-state index contributed by atoms with van der Waals surface area (Å²) in [6.07, 6.45) is 3.96. The molecule has 0 unspecified atom stereocenters. The molecule has 0 aliphatic carbocycles. The van der Waals surface area contributed by atoms with E-state index in [1.807, 2.05) is 43.3 Å². The number of phenols is 2. The van der Waals surface area contributed by atoms with Crippen LogP contribution in [0.25, 0.3) is 16.2 Å². The number of ketones is 1. The average molecular weight is 416 g/mol. The Balaban J connectivity index is 1.81. The highest BCUT2D eigenvalue weighted by Crippen LogP contribution is 2.43. The fourth-order valence-electron chi connectivity index (χ4n) is 3.29. The Hall–Kier alpha value is -3.57. The van der Waals surface area contributed by atoms with Gasteiger partial charge in [0.1, 0.15) is 22.1 Å². The van der Waals surface area contributed by atoms with E-state index >= 15 is 0 Å². The van der Waals surface area contributed by atoms with Crippen LogP contribution in [0.3, 0.4) is 0 Å². The van der Waals surface area contributed by atoms with Crippen LogP contribution in [0.15, 0.2) is 66.7 Å². The van der Waals surface area contributed by atoms with Gasteiger partial charge in [-0.2, -0.15) is 0 Å². The van der Waals surface area contributed by atoms with Crippen LogP contribution in [0, 0.1) is 6.92 Å². The second-order valence-electron chi connectivity index (χ2n) is 6.94. The third-order valence-corrected chi connectivity index (χ3v) is 5.88. The second-order valence-corrected chi connectivity index (χ2v) is 7.99. The standard InChI is InChI=1S/C25H20O4S/c1-3-4-16-5-9-19(10-6-16)29-24-21-12-8-18(27)14-22(21)30-25(24)23(28)20-11-7-17(26)13-15(20)2/h3-14,26-27H,1-2H3/b4-3+. The van der Waals surface area contributed by atoms with Gasteiger partial charge in [0.2, 0.25) is 5.78 Å². The lowest BCUT2D eigenvalue weighted by molar-refractivity contribution is 0.104. The van der Waals surface area contributed by atoms with E-state index in [1.165, 1.54) is 17.4 Å². The molecule has 2 N–H and O–H groups in total. The Bertz CT molecular complexity index is 1270. The third-order valence-electron chi connectivity index (χ3n) is 4.75. The number of allylic oxidation sites excluding steroid dienone is 1. The molecule has 0 radical (unpaired) electrons. The van der Waals surface area contributed by atoms with Crippen molar-refractivity contribution in [2.24, 2.45) is 0 Å². The Kier molecular flexibility index (Phi) is 5.29. The van der Waals surface area contributed by atoms with Crippen LogP contribution in [0.1, 0.15) is 33.3 Å². The molecule has 0 bridgehead atoms. The molecule has 0 atom stereocenters. The highest BCUT2D eigenvalue weighted by Gasteiger charge is 2.23. The lowest BCUT2D eigenvalue weighted by Crippen LogP contribution is -2.03. The highest BCUT2D eigenvalue weighted by molar-refractivity contribution is 7.21. The quantitative estimate of drug-likeness (QED) is 0.356. The van der Waals surface area contributed by atoms with Gasteiger partial charge in [-0.25, -0.2) is 0 Å². The van der Waals surface area contributed by atoms with Crippen LogP contribution in [-0.4, -0.2) is 16.0 Å². The second kappa shape index (κ2) is 8.05. The maximum Gasteiger partial charge on any atom is 0.207 e. The average Bonchev–Trinajstić information content (AvgIpc) is 3.06. The largest absolute Gasteiger partial charge is 0.508 e. The van der Waals surface area contributed by atoms with Crippen molar-refractivity contribution in [3.8, 4) is 23.0 Å². The first-order valence-electron chi connectivity index (χ1n) is 9.46. The highest BCUT2D eigenvalue weighted by atomic mass is 32.1. The minimum Gasteiger partial charge on any atom is -0.508 e. The number of aryl methyl sites for hydroxylation is 1. The van der Waals surface area contributed by atoms with E-state index in [-0.39, 0.29) is 17.3 Å². The maximum atomic E-state index is 13.4. The number of carbonyl (C=O) groups excluding carboxylic acids is 1. The van der Waals surface area contributed by atoms with Crippen molar-refractivity contribution in [2.75, 3.05) is 0 Å². The fourth-order valence-corrected chi connectivity index (χ4v) is 4.41. The van der Waals surface area contributed by atoms with Crippen LogP contribution in [0.4, 0.5) is 0 Å². The van der Waals surface area contributed by atoms with Crippen molar-refractivity contribution in [1.29, 1.82) is 0 Å².